The van der Waals surface area contributed by atoms with Crippen molar-refractivity contribution in [3.05, 3.63) is 17.0 Å². The molecule has 2 N–H and O–H groups in total. The van der Waals surface area contributed by atoms with Gasteiger partial charge in [0.05, 0.1) is 9.88 Å². The molecule has 7 heteroatoms. The van der Waals surface area contributed by atoms with Crippen molar-refractivity contribution in [1.29, 1.82) is 0 Å². The summed E-state index contributed by atoms with van der Waals surface area (Å²) in [5, 5.41) is 12.7. The normalized spacial score (nSPS) is 21.3. The minimum atomic E-state index is -1.10. The Morgan fingerprint density at radius 3 is 2.71 bits per heavy atom. The van der Waals surface area contributed by atoms with E-state index in [0.29, 0.717) is 35.7 Å². The monoisotopic (exact) mass is 310 g/mol. The smallest absolute Gasteiger partial charge is 0.329 e. The van der Waals surface area contributed by atoms with E-state index in [1.807, 2.05) is 0 Å². The zero-order valence-electron chi connectivity index (χ0n) is 12.0. The fourth-order valence-corrected chi connectivity index (χ4v) is 3.64. The number of aliphatic carboxylic acids is 1. The van der Waals surface area contributed by atoms with Crippen molar-refractivity contribution in [1.82, 2.24) is 4.90 Å². The van der Waals surface area contributed by atoms with E-state index in [2.05, 4.69) is 5.32 Å². The van der Waals surface area contributed by atoms with Gasteiger partial charge in [-0.1, -0.05) is 6.92 Å². The van der Waals surface area contributed by atoms with E-state index in [-0.39, 0.29) is 11.8 Å². The standard InChI is InChI=1S/C14H18N2O4S/c1-3-14(13(19)20)7-4-8-16(14)12(18)10-5-6-11(21-10)15-9(2)17/h5-6H,3-4,7-8H2,1-2H3,(H,15,17)(H,19,20). The van der Waals surface area contributed by atoms with E-state index in [0.717, 1.165) is 11.3 Å². The number of hydrogen-bond acceptors (Lipinski definition) is 4. The van der Waals surface area contributed by atoms with Crippen LogP contribution in [0.15, 0.2) is 12.1 Å². The zero-order chi connectivity index (χ0) is 15.6. The summed E-state index contributed by atoms with van der Waals surface area (Å²) in [6, 6.07) is 3.28. The van der Waals surface area contributed by atoms with Crippen LogP contribution in [0.1, 0.15) is 42.8 Å². The number of hydrogen-bond donors (Lipinski definition) is 2. The lowest BCUT2D eigenvalue weighted by Gasteiger charge is -2.33. The highest BCUT2D eigenvalue weighted by Gasteiger charge is 2.48. The molecule has 2 rings (SSSR count). The number of rotatable bonds is 4. The topological polar surface area (TPSA) is 86.7 Å². The molecule has 114 valence electrons. The number of nitrogens with zero attached hydrogens (tertiary/aromatic N) is 1. The number of likely N-dealkylation sites (tertiary alicyclic amines) is 1. The molecule has 1 aliphatic heterocycles. The van der Waals surface area contributed by atoms with Crippen LogP contribution in [0.5, 0.6) is 0 Å². The third kappa shape index (κ3) is 2.78. The van der Waals surface area contributed by atoms with Crippen molar-refractivity contribution < 1.29 is 19.5 Å². The molecule has 0 spiro atoms. The van der Waals surface area contributed by atoms with Gasteiger partial charge in [0.1, 0.15) is 5.54 Å². The first-order chi connectivity index (χ1) is 9.90. The Bertz CT molecular complexity index is 583. The maximum absolute atomic E-state index is 12.6. The van der Waals surface area contributed by atoms with Crippen molar-refractivity contribution >= 4 is 34.1 Å². The van der Waals surface area contributed by atoms with E-state index in [4.69, 9.17) is 0 Å². The molecule has 6 nitrogen and oxygen atoms in total. The minimum absolute atomic E-state index is 0.203. The molecule has 1 aromatic heterocycles. The molecule has 0 radical (unpaired) electrons. The van der Waals surface area contributed by atoms with Gasteiger partial charge in [-0.3, -0.25) is 9.59 Å². The number of amides is 2. The molecule has 2 heterocycles. The molecular formula is C14H18N2O4S. The van der Waals surface area contributed by atoms with Gasteiger partial charge in [0.15, 0.2) is 0 Å². The highest BCUT2D eigenvalue weighted by atomic mass is 32.1. The molecule has 0 bridgehead atoms. The fraction of sp³-hybridized carbons (Fsp3) is 0.500. The largest absolute Gasteiger partial charge is 0.479 e. The van der Waals surface area contributed by atoms with Gasteiger partial charge < -0.3 is 15.3 Å². The molecule has 1 fully saturated rings. The van der Waals surface area contributed by atoms with E-state index in [9.17, 15) is 19.5 Å². The lowest BCUT2D eigenvalue weighted by molar-refractivity contribution is -0.148. The number of carbonyl (C=O) groups is 3. The number of carbonyl (C=O) groups excluding carboxylic acids is 2. The van der Waals surface area contributed by atoms with Crippen LogP contribution < -0.4 is 5.32 Å². The molecule has 1 saturated heterocycles. The van der Waals surface area contributed by atoms with E-state index >= 15 is 0 Å². The molecule has 1 unspecified atom stereocenters. The van der Waals surface area contributed by atoms with Gasteiger partial charge >= 0.3 is 5.97 Å². The van der Waals surface area contributed by atoms with Gasteiger partial charge in [-0.15, -0.1) is 11.3 Å². The summed E-state index contributed by atoms with van der Waals surface area (Å²) in [6.07, 6.45) is 1.56. The molecule has 21 heavy (non-hydrogen) atoms. The number of anilines is 1. The van der Waals surface area contributed by atoms with E-state index in [1.165, 1.54) is 11.8 Å². The Kier molecular flexibility index (Phi) is 4.32. The van der Waals surface area contributed by atoms with Crippen LogP contribution in [0.4, 0.5) is 5.00 Å². The lowest BCUT2D eigenvalue weighted by Crippen LogP contribution is -2.52. The van der Waals surface area contributed by atoms with Gasteiger partial charge in [-0.2, -0.15) is 0 Å². The highest BCUT2D eigenvalue weighted by Crippen LogP contribution is 2.35. The average Bonchev–Trinajstić information content (AvgIpc) is 3.03. The maximum atomic E-state index is 12.6. The van der Waals surface area contributed by atoms with Gasteiger partial charge in [0, 0.05) is 13.5 Å². The minimum Gasteiger partial charge on any atom is -0.479 e. The van der Waals surface area contributed by atoms with Gasteiger partial charge in [0.2, 0.25) is 5.91 Å². The molecule has 0 aliphatic carbocycles. The molecule has 1 atom stereocenters. The summed E-state index contributed by atoms with van der Waals surface area (Å²) in [4.78, 5) is 37.1. The first kappa shape index (κ1) is 15.5. The SMILES string of the molecule is CCC1(C(=O)O)CCCN1C(=O)c1ccc(NC(C)=O)s1. The molecule has 1 aliphatic rings. The number of nitrogens with one attached hydrogen (secondary N) is 1. The van der Waals surface area contributed by atoms with Crippen molar-refractivity contribution in [3.63, 3.8) is 0 Å². The lowest BCUT2D eigenvalue weighted by atomic mass is 9.93. The first-order valence-corrected chi connectivity index (χ1v) is 7.65. The van der Waals surface area contributed by atoms with Crippen LogP contribution >= 0.6 is 11.3 Å². The molecule has 0 saturated carbocycles. The summed E-state index contributed by atoms with van der Waals surface area (Å²) in [6.45, 7) is 3.64. The third-order valence-electron chi connectivity index (χ3n) is 3.83. The first-order valence-electron chi connectivity index (χ1n) is 6.83. The van der Waals surface area contributed by atoms with E-state index in [1.54, 1.807) is 19.1 Å². The fourth-order valence-electron chi connectivity index (χ4n) is 2.74. The number of carboxylic acid groups (broad SMARTS) is 1. The van der Waals surface area contributed by atoms with Crippen LogP contribution in [-0.4, -0.2) is 39.9 Å². The van der Waals surface area contributed by atoms with Crippen molar-refractivity contribution in [3.8, 4) is 0 Å². The highest BCUT2D eigenvalue weighted by molar-refractivity contribution is 7.18. The number of thiophene rings is 1. The van der Waals surface area contributed by atoms with Crippen LogP contribution in [0.3, 0.4) is 0 Å². The zero-order valence-corrected chi connectivity index (χ0v) is 12.8. The molecule has 1 aromatic rings. The van der Waals surface area contributed by atoms with Crippen molar-refractivity contribution in [2.24, 2.45) is 0 Å². The summed E-state index contributed by atoms with van der Waals surface area (Å²) < 4.78 is 0. The van der Waals surface area contributed by atoms with Gasteiger partial charge in [-0.05, 0) is 31.4 Å². The Morgan fingerprint density at radius 2 is 2.14 bits per heavy atom. The Hall–Kier alpha value is -1.89. The van der Waals surface area contributed by atoms with Crippen molar-refractivity contribution in [2.45, 2.75) is 38.6 Å². The predicted molar refractivity (Wildman–Crippen MR) is 79.6 cm³/mol. The second kappa shape index (κ2) is 5.85. The second-order valence-corrected chi connectivity index (χ2v) is 6.18. The Balaban J connectivity index is 2.24. The summed E-state index contributed by atoms with van der Waals surface area (Å²) in [5.74, 6) is -1.43. The van der Waals surface area contributed by atoms with E-state index < -0.39 is 11.5 Å². The summed E-state index contributed by atoms with van der Waals surface area (Å²) in [7, 11) is 0. The average molecular weight is 310 g/mol. The van der Waals surface area contributed by atoms with Gasteiger partial charge in [0.25, 0.3) is 5.91 Å². The Morgan fingerprint density at radius 1 is 1.43 bits per heavy atom. The maximum Gasteiger partial charge on any atom is 0.329 e. The third-order valence-corrected chi connectivity index (χ3v) is 4.82. The quantitative estimate of drug-likeness (QED) is 0.892. The molecule has 2 amide bonds. The van der Waals surface area contributed by atoms with Crippen LogP contribution in [0, 0.1) is 0 Å². The van der Waals surface area contributed by atoms with Gasteiger partial charge in [-0.25, -0.2) is 4.79 Å². The molecular weight excluding hydrogens is 292 g/mol. The molecule has 0 aromatic carbocycles. The van der Waals surface area contributed by atoms with Crippen LogP contribution in [0.25, 0.3) is 0 Å². The summed E-state index contributed by atoms with van der Waals surface area (Å²) >= 11 is 1.16. The predicted octanol–water partition coefficient (Wildman–Crippen LogP) is 2.18. The van der Waals surface area contributed by atoms with Crippen LogP contribution in [-0.2, 0) is 9.59 Å². The second-order valence-electron chi connectivity index (χ2n) is 5.10. The Labute approximate surface area is 126 Å². The number of carboxylic acids is 1. The van der Waals surface area contributed by atoms with Crippen molar-refractivity contribution in [2.75, 3.05) is 11.9 Å². The van der Waals surface area contributed by atoms with Crippen LogP contribution in [0.2, 0.25) is 0 Å². The summed E-state index contributed by atoms with van der Waals surface area (Å²) in [5.41, 5.74) is -1.10.